The highest BCUT2D eigenvalue weighted by molar-refractivity contribution is 9.11. The monoisotopic (exact) mass is 159 g/mol. The molecule has 1 aliphatic heterocycles. The number of hydrogen-bond donors (Lipinski definition) is 0. The second kappa shape index (κ2) is 2.26. The van der Waals surface area contributed by atoms with Gasteiger partial charge in [0.15, 0.2) is 0 Å². The molecule has 0 atom stereocenters. The van der Waals surface area contributed by atoms with E-state index in [0.717, 1.165) is 17.4 Å². The van der Waals surface area contributed by atoms with Crippen LogP contribution in [0.2, 0.25) is 0 Å². The predicted molar refractivity (Wildman–Crippen MR) is 34.7 cm³/mol. The van der Waals surface area contributed by atoms with Gasteiger partial charge in [0.25, 0.3) is 0 Å². The smallest absolute Gasteiger partial charge is 0.101 e. The van der Waals surface area contributed by atoms with Crippen molar-refractivity contribution < 1.29 is 0 Å². The molecule has 0 radical (unpaired) electrons. The van der Waals surface area contributed by atoms with Crippen molar-refractivity contribution in [3.05, 3.63) is 10.7 Å². The van der Waals surface area contributed by atoms with Crippen LogP contribution in [0.15, 0.2) is 15.7 Å². The quantitative estimate of drug-likeness (QED) is 0.481. The molecule has 0 aromatic rings. The van der Waals surface area contributed by atoms with E-state index in [1.54, 1.807) is 0 Å². The largest absolute Gasteiger partial charge is 0.254 e. The Morgan fingerprint density at radius 3 is 2.71 bits per heavy atom. The highest BCUT2D eigenvalue weighted by atomic mass is 79.9. The molecule has 0 amide bonds. The van der Waals surface area contributed by atoms with E-state index in [9.17, 15) is 0 Å². The van der Waals surface area contributed by atoms with Crippen molar-refractivity contribution in [1.29, 1.82) is 0 Å². The van der Waals surface area contributed by atoms with E-state index in [1.165, 1.54) is 0 Å². The van der Waals surface area contributed by atoms with Gasteiger partial charge in [-0.25, -0.2) is 0 Å². The van der Waals surface area contributed by atoms with E-state index < -0.39 is 0 Å². The van der Waals surface area contributed by atoms with E-state index in [0.29, 0.717) is 0 Å². The first-order valence-electron chi connectivity index (χ1n) is 2.28. The number of halogens is 1. The average Bonchev–Trinajstić information content (AvgIpc) is 1.69. The summed E-state index contributed by atoms with van der Waals surface area (Å²) in [5.41, 5.74) is 0. The lowest BCUT2D eigenvalue weighted by atomic mass is 10.3. The Kier molecular flexibility index (Phi) is 1.63. The minimum atomic E-state index is 0.971. The fourth-order valence-corrected chi connectivity index (χ4v) is 0.855. The molecule has 38 valence electrons. The summed E-state index contributed by atoms with van der Waals surface area (Å²) in [5, 5.41) is 0. The van der Waals surface area contributed by atoms with Crippen molar-refractivity contribution in [2.24, 2.45) is 4.99 Å². The summed E-state index contributed by atoms with van der Waals surface area (Å²) in [6, 6.07) is 0. The van der Waals surface area contributed by atoms with Crippen LogP contribution in [0.3, 0.4) is 0 Å². The molecule has 0 spiro atoms. The summed E-state index contributed by atoms with van der Waals surface area (Å²) in [7, 11) is 0. The molecule has 1 nitrogen and oxygen atoms in total. The zero-order valence-electron chi connectivity index (χ0n) is 3.89. The molecule has 1 rings (SSSR count). The Balaban J connectivity index is 2.58. The van der Waals surface area contributed by atoms with E-state index in [1.807, 2.05) is 6.21 Å². The Bertz CT molecular complexity index is 115. The molecular weight excluding hydrogens is 154 g/mol. The van der Waals surface area contributed by atoms with Gasteiger partial charge in [0, 0.05) is 6.21 Å². The summed E-state index contributed by atoms with van der Waals surface area (Å²) in [6.45, 7) is 0. The van der Waals surface area contributed by atoms with E-state index in [4.69, 9.17) is 0 Å². The molecule has 0 aliphatic carbocycles. The van der Waals surface area contributed by atoms with Crippen molar-refractivity contribution in [2.75, 3.05) is 0 Å². The van der Waals surface area contributed by atoms with Crippen LogP contribution in [0.25, 0.3) is 0 Å². The maximum atomic E-state index is 3.98. The number of aliphatic imine (C=N–C) groups is 1. The van der Waals surface area contributed by atoms with E-state index in [2.05, 4.69) is 27.0 Å². The molecule has 7 heavy (non-hydrogen) atoms. The van der Waals surface area contributed by atoms with Crippen LogP contribution < -0.4 is 0 Å². The van der Waals surface area contributed by atoms with Gasteiger partial charge >= 0.3 is 0 Å². The third kappa shape index (κ3) is 1.43. The number of allylic oxidation sites excluding steroid dienone is 1. The van der Waals surface area contributed by atoms with Crippen LogP contribution in [0.4, 0.5) is 0 Å². The Morgan fingerprint density at radius 1 is 1.57 bits per heavy atom. The van der Waals surface area contributed by atoms with Gasteiger partial charge in [0.05, 0.1) is 0 Å². The first-order valence-corrected chi connectivity index (χ1v) is 3.07. The van der Waals surface area contributed by atoms with Crippen LogP contribution in [0, 0.1) is 0 Å². The molecule has 0 N–H and O–H groups in total. The summed E-state index contributed by atoms with van der Waals surface area (Å²) in [4.78, 5) is 3.98. The Hall–Kier alpha value is -0.110. The van der Waals surface area contributed by atoms with Crippen LogP contribution in [-0.4, -0.2) is 6.21 Å². The van der Waals surface area contributed by atoms with Gasteiger partial charge in [-0.15, -0.1) is 0 Å². The third-order valence-corrected chi connectivity index (χ3v) is 1.35. The number of rotatable bonds is 0. The minimum absolute atomic E-state index is 0.971. The lowest BCUT2D eigenvalue weighted by Gasteiger charge is -1.94. The molecule has 2 heteroatoms. The standard InChI is InChI=1S/C5H6BrN/c6-5-3-1-2-4-7-5/h3-4H,1-2H2. The van der Waals surface area contributed by atoms with Gasteiger partial charge in [-0.1, -0.05) is 6.08 Å². The number of nitrogens with zero attached hydrogens (tertiary/aromatic N) is 1. The van der Waals surface area contributed by atoms with Crippen molar-refractivity contribution in [2.45, 2.75) is 12.8 Å². The second-order valence-corrected chi connectivity index (χ2v) is 2.23. The summed E-state index contributed by atoms with van der Waals surface area (Å²) in [6.07, 6.45) is 6.21. The molecule has 0 unspecified atom stereocenters. The molecule has 0 aromatic heterocycles. The highest BCUT2D eigenvalue weighted by Gasteiger charge is 1.89. The predicted octanol–water partition coefficient (Wildman–Crippen LogP) is 2.09. The topological polar surface area (TPSA) is 12.4 Å². The molecule has 1 heterocycles. The minimum Gasteiger partial charge on any atom is -0.254 e. The van der Waals surface area contributed by atoms with Gasteiger partial charge in [0.1, 0.15) is 4.61 Å². The summed E-state index contributed by atoms with van der Waals surface area (Å²) < 4.78 is 0.971. The Morgan fingerprint density at radius 2 is 2.43 bits per heavy atom. The van der Waals surface area contributed by atoms with Crippen LogP contribution >= 0.6 is 15.9 Å². The van der Waals surface area contributed by atoms with Gasteiger partial charge in [-0.3, -0.25) is 4.99 Å². The summed E-state index contributed by atoms with van der Waals surface area (Å²) in [5.74, 6) is 0. The molecule has 1 aliphatic rings. The maximum Gasteiger partial charge on any atom is 0.101 e. The lowest BCUT2D eigenvalue weighted by molar-refractivity contribution is 1.08. The number of hydrogen-bond acceptors (Lipinski definition) is 1. The molecule has 0 saturated heterocycles. The van der Waals surface area contributed by atoms with Crippen LogP contribution in [0.1, 0.15) is 12.8 Å². The first-order chi connectivity index (χ1) is 3.39. The van der Waals surface area contributed by atoms with Crippen molar-refractivity contribution in [3.63, 3.8) is 0 Å². The van der Waals surface area contributed by atoms with Gasteiger partial charge in [-0.2, -0.15) is 0 Å². The summed E-state index contributed by atoms with van der Waals surface area (Å²) >= 11 is 3.25. The van der Waals surface area contributed by atoms with E-state index in [-0.39, 0.29) is 0 Å². The SMILES string of the molecule is BrC1=CCCC=N1. The van der Waals surface area contributed by atoms with Gasteiger partial charge in [-0.05, 0) is 28.8 Å². The molecule has 0 saturated carbocycles. The van der Waals surface area contributed by atoms with Crippen molar-refractivity contribution >= 4 is 22.1 Å². The normalized spacial score (nSPS) is 19.3. The Labute approximate surface area is 51.3 Å². The lowest BCUT2D eigenvalue weighted by Crippen LogP contribution is -1.80. The van der Waals surface area contributed by atoms with E-state index >= 15 is 0 Å². The molecule has 0 bridgehead atoms. The molecular formula is C5H6BrN. The maximum absolute atomic E-state index is 3.98. The molecule has 0 aromatic carbocycles. The first kappa shape index (κ1) is 5.04. The van der Waals surface area contributed by atoms with Gasteiger partial charge in [0.2, 0.25) is 0 Å². The zero-order valence-corrected chi connectivity index (χ0v) is 5.48. The van der Waals surface area contributed by atoms with Crippen LogP contribution in [0.5, 0.6) is 0 Å². The average molecular weight is 160 g/mol. The third-order valence-electron chi connectivity index (χ3n) is 0.823. The highest BCUT2D eigenvalue weighted by Crippen LogP contribution is 2.11. The zero-order chi connectivity index (χ0) is 5.11. The molecule has 0 fully saturated rings. The van der Waals surface area contributed by atoms with Crippen molar-refractivity contribution in [3.8, 4) is 0 Å². The fraction of sp³-hybridized carbons (Fsp3) is 0.400. The van der Waals surface area contributed by atoms with Crippen molar-refractivity contribution in [1.82, 2.24) is 0 Å². The fourth-order valence-electron chi connectivity index (χ4n) is 0.481. The second-order valence-electron chi connectivity index (χ2n) is 1.42. The van der Waals surface area contributed by atoms with Crippen LogP contribution in [-0.2, 0) is 0 Å². The van der Waals surface area contributed by atoms with Gasteiger partial charge < -0.3 is 0 Å².